The summed E-state index contributed by atoms with van der Waals surface area (Å²) >= 11 is 0. The topological polar surface area (TPSA) is 129 Å². The first-order valence-corrected chi connectivity index (χ1v) is 15.6. The molecule has 2 amide bonds. The number of nitriles is 1. The molecule has 2 bridgehead atoms. The number of piperidine rings is 1. The van der Waals surface area contributed by atoms with Crippen LogP contribution >= 0.6 is 0 Å². The van der Waals surface area contributed by atoms with Crippen LogP contribution in [0.2, 0.25) is 0 Å². The number of rotatable bonds is 7. The van der Waals surface area contributed by atoms with Crippen LogP contribution in [0.3, 0.4) is 0 Å². The second kappa shape index (κ2) is 10.3. The third-order valence-corrected chi connectivity index (χ3v) is 8.98. The van der Waals surface area contributed by atoms with Gasteiger partial charge in [-0.15, -0.1) is 0 Å². The summed E-state index contributed by atoms with van der Waals surface area (Å²) in [5.41, 5.74) is 1.23. The second-order valence-electron chi connectivity index (χ2n) is 12.5. The minimum atomic E-state index is -3.41. The number of hydrogen-bond donors (Lipinski definition) is 2. The average molecular weight is 583 g/mol. The van der Waals surface area contributed by atoms with E-state index in [1.807, 2.05) is 0 Å². The van der Waals surface area contributed by atoms with Crippen LogP contribution in [-0.2, 0) is 26.0 Å². The van der Waals surface area contributed by atoms with Gasteiger partial charge in [-0.1, -0.05) is 31.2 Å². The average Bonchev–Trinajstić information content (AvgIpc) is 3.21. The number of nitrogens with zero attached hydrogens (tertiary/aromatic N) is 2. The fraction of sp³-hybridized carbons (Fsp3) is 0.500. The summed E-state index contributed by atoms with van der Waals surface area (Å²) in [6.45, 7) is 7.50. The lowest BCUT2D eigenvalue weighted by Gasteiger charge is -2.35. The normalized spacial score (nSPS) is 27.0. The van der Waals surface area contributed by atoms with Crippen molar-refractivity contribution in [3.8, 4) is 17.2 Å². The van der Waals surface area contributed by atoms with Gasteiger partial charge in [0.1, 0.15) is 23.5 Å². The Morgan fingerprint density at radius 2 is 1.80 bits per heavy atom. The van der Waals surface area contributed by atoms with Crippen LogP contribution in [0.25, 0.3) is 11.1 Å². The van der Waals surface area contributed by atoms with Crippen LogP contribution in [0.4, 0.5) is 14.9 Å². The standard InChI is InChI=1S/C30H35FN4O5S/c1-16-25-22-14-24(26(16)25)35(29(37)40-30(2,3)4)27(22)28(36)33-21(15-32)12-19-7-6-18(13-23(19)31)17-8-10-20(11-9-17)34-41(5,38)39/h6-11,13,16,21-22,24-27,34H,12,14H2,1-5H3,(H,33,36)/t16-,21-,22+,24-,25-,26+,27-/m0/s1. The minimum absolute atomic E-state index is 0.0157. The predicted molar refractivity (Wildman–Crippen MR) is 151 cm³/mol. The number of carbonyl (C=O) groups excluding carboxylic acids is 2. The first-order chi connectivity index (χ1) is 19.2. The third-order valence-electron chi connectivity index (χ3n) is 8.38. The van der Waals surface area contributed by atoms with Crippen molar-refractivity contribution < 1.29 is 27.1 Å². The quantitative estimate of drug-likeness (QED) is 0.501. The maximum Gasteiger partial charge on any atom is 0.411 e. The molecule has 9 nitrogen and oxygen atoms in total. The van der Waals surface area contributed by atoms with Crippen LogP contribution in [0.15, 0.2) is 42.5 Å². The van der Waals surface area contributed by atoms with Crippen LogP contribution in [0.1, 0.15) is 39.7 Å². The van der Waals surface area contributed by atoms with E-state index in [1.54, 1.807) is 62.1 Å². The number of sulfonamides is 1. The Labute approximate surface area is 240 Å². The van der Waals surface area contributed by atoms with E-state index in [9.17, 15) is 23.3 Å². The molecule has 2 aromatic rings. The predicted octanol–water partition coefficient (Wildman–Crippen LogP) is 4.30. The molecule has 0 spiro atoms. The second-order valence-corrected chi connectivity index (χ2v) is 14.2. The largest absolute Gasteiger partial charge is 0.444 e. The molecule has 11 heteroatoms. The number of fused-ring (bicyclic) bond motifs is 5. The zero-order chi connectivity index (χ0) is 29.9. The number of nitrogens with one attached hydrogen (secondary N) is 2. The molecule has 1 aliphatic heterocycles. The van der Waals surface area contributed by atoms with E-state index in [2.05, 4.69) is 23.0 Å². The molecule has 0 unspecified atom stereocenters. The lowest BCUT2D eigenvalue weighted by Crippen LogP contribution is -2.56. The molecular weight excluding hydrogens is 547 g/mol. The lowest BCUT2D eigenvalue weighted by atomic mass is 9.94. The van der Waals surface area contributed by atoms with E-state index in [1.165, 1.54) is 6.07 Å². The first kappa shape index (κ1) is 28.9. The maximum atomic E-state index is 15.1. The molecule has 7 atom stereocenters. The van der Waals surface area contributed by atoms with Gasteiger partial charge in [0.15, 0.2) is 0 Å². The van der Waals surface area contributed by atoms with Gasteiger partial charge in [-0.05, 0) is 85.8 Å². The van der Waals surface area contributed by atoms with Crippen molar-refractivity contribution in [3.05, 3.63) is 53.8 Å². The summed E-state index contributed by atoms with van der Waals surface area (Å²) in [5, 5.41) is 12.6. The Bertz CT molecular complexity index is 1510. The molecule has 3 aliphatic rings. The van der Waals surface area contributed by atoms with Gasteiger partial charge in [0.2, 0.25) is 15.9 Å². The van der Waals surface area contributed by atoms with E-state index in [-0.39, 0.29) is 23.9 Å². The van der Waals surface area contributed by atoms with Crippen molar-refractivity contribution in [1.29, 1.82) is 5.26 Å². The molecule has 5 rings (SSSR count). The van der Waals surface area contributed by atoms with Gasteiger partial charge in [-0.25, -0.2) is 17.6 Å². The van der Waals surface area contributed by atoms with Crippen LogP contribution < -0.4 is 10.0 Å². The van der Waals surface area contributed by atoms with Crippen molar-refractivity contribution in [3.63, 3.8) is 0 Å². The Morgan fingerprint density at radius 3 is 2.39 bits per heavy atom. The van der Waals surface area contributed by atoms with E-state index < -0.39 is 45.5 Å². The fourth-order valence-corrected chi connectivity index (χ4v) is 7.34. The monoisotopic (exact) mass is 582 g/mol. The van der Waals surface area contributed by atoms with Crippen molar-refractivity contribution >= 4 is 27.7 Å². The zero-order valence-electron chi connectivity index (χ0n) is 23.7. The molecule has 2 N–H and O–H groups in total. The Hall–Kier alpha value is -3.65. The van der Waals surface area contributed by atoms with Crippen LogP contribution in [0, 0.1) is 40.8 Å². The smallest absolute Gasteiger partial charge is 0.411 e. The molecule has 0 aromatic heterocycles. The summed E-state index contributed by atoms with van der Waals surface area (Å²) in [5.74, 6) is 0.279. The highest BCUT2D eigenvalue weighted by Crippen LogP contribution is 2.67. The zero-order valence-corrected chi connectivity index (χ0v) is 24.5. The molecular formula is C30H35FN4O5S. The summed E-state index contributed by atoms with van der Waals surface area (Å²) in [4.78, 5) is 28.3. The summed E-state index contributed by atoms with van der Waals surface area (Å²) in [7, 11) is -3.41. The van der Waals surface area contributed by atoms with E-state index >= 15 is 4.39 Å². The minimum Gasteiger partial charge on any atom is -0.444 e. The Kier molecular flexibility index (Phi) is 7.26. The third kappa shape index (κ3) is 5.89. The highest BCUT2D eigenvalue weighted by Gasteiger charge is 2.71. The van der Waals surface area contributed by atoms with Crippen molar-refractivity contribution in [1.82, 2.24) is 10.2 Å². The van der Waals surface area contributed by atoms with Crippen molar-refractivity contribution in [2.24, 2.45) is 23.7 Å². The fourth-order valence-electron chi connectivity index (χ4n) is 6.78. The molecule has 2 saturated carbocycles. The summed E-state index contributed by atoms with van der Waals surface area (Å²) in [6, 6.07) is 11.5. The van der Waals surface area contributed by atoms with Crippen LogP contribution in [-0.4, -0.2) is 55.3 Å². The Morgan fingerprint density at radius 1 is 1.15 bits per heavy atom. The van der Waals surface area contributed by atoms with Gasteiger partial charge in [0.25, 0.3) is 0 Å². The number of ether oxygens (including phenoxy) is 1. The Balaban J connectivity index is 1.28. The van der Waals surface area contributed by atoms with Gasteiger partial charge in [0, 0.05) is 18.2 Å². The van der Waals surface area contributed by atoms with Gasteiger partial charge in [-0.2, -0.15) is 5.26 Å². The van der Waals surface area contributed by atoms with Crippen molar-refractivity contribution in [2.75, 3.05) is 11.0 Å². The SMILES string of the molecule is C[C@H]1[C@H]2[C@H]3C[C@@H]([C@@H]12)N(C(=O)OC(C)(C)C)[C@@H]3C(=O)N[C@H](C#N)Cc1ccc(-c2ccc(NS(C)(=O)=O)cc2)cc1F. The van der Waals surface area contributed by atoms with E-state index in [0.29, 0.717) is 34.6 Å². The van der Waals surface area contributed by atoms with Gasteiger partial charge in [-0.3, -0.25) is 14.4 Å². The number of halogens is 1. The van der Waals surface area contributed by atoms with Gasteiger partial charge in [0.05, 0.1) is 12.3 Å². The van der Waals surface area contributed by atoms with Crippen LogP contribution in [0.5, 0.6) is 0 Å². The number of anilines is 1. The molecule has 218 valence electrons. The number of hydrogen-bond acceptors (Lipinski definition) is 6. The van der Waals surface area contributed by atoms with E-state index in [4.69, 9.17) is 4.74 Å². The highest BCUT2D eigenvalue weighted by atomic mass is 32.2. The summed E-state index contributed by atoms with van der Waals surface area (Å²) in [6.07, 6.45) is 1.25. The molecule has 0 radical (unpaired) electrons. The van der Waals surface area contributed by atoms with Crippen molar-refractivity contribution in [2.45, 2.75) is 64.3 Å². The van der Waals surface area contributed by atoms with Gasteiger partial charge >= 0.3 is 6.09 Å². The molecule has 3 fully saturated rings. The maximum absolute atomic E-state index is 15.1. The lowest BCUT2D eigenvalue weighted by molar-refractivity contribution is -0.128. The van der Waals surface area contributed by atoms with E-state index in [0.717, 1.165) is 12.7 Å². The molecule has 41 heavy (non-hydrogen) atoms. The first-order valence-electron chi connectivity index (χ1n) is 13.7. The summed E-state index contributed by atoms with van der Waals surface area (Å²) < 4.78 is 46.0. The number of likely N-dealkylation sites (tertiary alicyclic amines) is 1. The number of benzene rings is 2. The molecule has 2 aliphatic carbocycles. The molecule has 2 aromatic carbocycles. The highest BCUT2D eigenvalue weighted by molar-refractivity contribution is 7.92. The number of carbonyl (C=O) groups is 2. The molecule has 1 heterocycles. The molecule has 1 saturated heterocycles. The number of amides is 2. The van der Waals surface area contributed by atoms with Gasteiger partial charge < -0.3 is 10.1 Å².